The molecule has 0 amide bonds. The highest BCUT2D eigenvalue weighted by Gasteiger charge is 2.08. The molecule has 0 aliphatic heterocycles. The third kappa shape index (κ3) is 2.46. The first kappa shape index (κ1) is 11.2. The van der Waals surface area contributed by atoms with Gasteiger partial charge in [0.2, 0.25) is 0 Å². The molecule has 2 aromatic rings. The first-order chi connectivity index (χ1) is 7.81. The van der Waals surface area contributed by atoms with Crippen molar-refractivity contribution in [1.29, 1.82) is 0 Å². The maximum atomic E-state index is 10.1. The van der Waals surface area contributed by atoms with E-state index < -0.39 is 6.10 Å². The maximum Gasteiger partial charge on any atom is 0.104 e. The summed E-state index contributed by atoms with van der Waals surface area (Å²) in [6, 6.07) is 17.7. The van der Waals surface area contributed by atoms with Crippen LogP contribution in [0.4, 0.5) is 0 Å². The molecule has 82 valence electrons. The van der Waals surface area contributed by atoms with Crippen LogP contribution in [-0.4, -0.2) is 11.4 Å². The maximum absolute atomic E-state index is 10.1. The van der Waals surface area contributed by atoms with Crippen molar-refractivity contribution in [3.8, 4) is 0 Å². The third-order valence-corrected chi connectivity index (χ3v) is 3.29. The van der Waals surface area contributed by atoms with Crippen LogP contribution in [-0.2, 0) is 0 Å². The molecular formula is C14H14OS. The molecule has 0 spiro atoms. The molecule has 0 heterocycles. The lowest BCUT2D eigenvalue weighted by molar-refractivity contribution is 0.220. The second-order valence-electron chi connectivity index (χ2n) is 3.59. The van der Waals surface area contributed by atoms with Gasteiger partial charge in [-0.15, -0.1) is 11.8 Å². The first-order valence-corrected chi connectivity index (χ1v) is 6.40. The van der Waals surface area contributed by atoms with Crippen LogP contribution in [0, 0.1) is 0 Å². The summed E-state index contributed by atoms with van der Waals surface area (Å²) in [7, 11) is 0. The monoisotopic (exact) mass is 230 g/mol. The van der Waals surface area contributed by atoms with E-state index in [0.29, 0.717) is 0 Å². The Morgan fingerprint density at radius 3 is 2.00 bits per heavy atom. The summed E-state index contributed by atoms with van der Waals surface area (Å²) >= 11 is 1.70. The van der Waals surface area contributed by atoms with Gasteiger partial charge >= 0.3 is 0 Å². The van der Waals surface area contributed by atoms with Gasteiger partial charge in [-0.05, 0) is 29.5 Å². The Bertz CT molecular complexity index is 436. The minimum absolute atomic E-state index is 0.530. The fourth-order valence-corrected chi connectivity index (χ4v) is 2.02. The quantitative estimate of drug-likeness (QED) is 0.814. The van der Waals surface area contributed by atoms with Crippen LogP contribution >= 0.6 is 11.8 Å². The second kappa shape index (κ2) is 5.19. The van der Waals surface area contributed by atoms with Gasteiger partial charge in [-0.3, -0.25) is 0 Å². The molecule has 1 N–H and O–H groups in total. The van der Waals surface area contributed by atoms with Crippen molar-refractivity contribution in [3.63, 3.8) is 0 Å². The predicted molar refractivity (Wildman–Crippen MR) is 68.7 cm³/mol. The van der Waals surface area contributed by atoms with Crippen molar-refractivity contribution in [2.24, 2.45) is 0 Å². The lowest BCUT2D eigenvalue weighted by atomic mass is 10.0. The van der Waals surface area contributed by atoms with Crippen LogP contribution in [0.25, 0.3) is 0 Å². The van der Waals surface area contributed by atoms with E-state index >= 15 is 0 Å². The Labute approximate surface area is 100 Å². The summed E-state index contributed by atoms with van der Waals surface area (Å²) in [5, 5.41) is 10.1. The Morgan fingerprint density at radius 1 is 0.875 bits per heavy atom. The molecule has 0 aliphatic rings. The van der Waals surface area contributed by atoms with Crippen LogP contribution in [0.3, 0.4) is 0 Å². The normalized spacial score (nSPS) is 12.4. The second-order valence-corrected chi connectivity index (χ2v) is 4.47. The van der Waals surface area contributed by atoms with E-state index in [9.17, 15) is 5.11 Å². The molecule has 0 saturated heterocycles. The molecule has 0 unspecified atom stereocenters. The largest absolute Gasteiger partial charge is 0.384 e. The number of hydrogen-bond acceptors (Lipinski definition) is 2. The number of benzene rings is 2. The predicted octanol–water partition coefficient (Wildman–Crippen LogP) is 3.49. The van der Waals surface area contributed by atoms with Gasteiger partial charge < -0.3 is 5.11 Å². The Morgan fingerprint density at radius 2 is 1.44 bits per heavy atom. The smallest absolute Gasteiger partial charge is 0.104 e. The average molecular weight is 230 g/mol. The van der Waals surface area contributed by atoms with Crippen molar-refractivity contribution < 1.29 is 5.11 Å². The van der Waals surface area contributed by atoms with Gasteiger partial charge in [0.25, 0.3) is 0 Å². The summed E-state index contributed by atoms with van der Waals surface area (Å²) in [5.74, 6) is 0. The van der Waals surface area contributed by atoms with E-state index in [1.165, 1.54) is 4.90 Å². The van der Waals surface area contributed by atoms with Gasteiger partial charge in [0.05, 0.1) is 0 Å². The van der Waals surface area contributed by atoms with Crippen molar-refractivity contribution in [1.82, 2.24) is 0 Å². The Balaban J connectivity index is 2.24. The van der Waals surface area contributed by atoms with Crippen LogP contribution < -0.4 is 0 Å². The summed E-state index contributed by atoms with van der Waals surface area (Å²) < 4.78 is 0. The zero-order valence-electron chi connectivity index (χ0n) is 9.13. The van der Waals surface area contributed by atoms with Gasteiger partial charge in [-0.1, -0.05) is 42.5 Å². The van der Waals surface area contributed by atoms with Crippen LogP contribution in [0.15, 0.2) is 59.5 Å². The molecule has 1 atom stereocenters. The molecule has 0 saturated carbocycles. The Kier molecular flexibility index (Phi) is 3.65. The van der Waals surface area contributed by atoms with E-state index in [2.05, 4.69) is 0 Å². The fraction of sp³-hybridized carbons (Fsp3) is 0.143. The number of hydrogen-bond donors (Lipinski definition) is 1. The topological polar surface area (TPSA) is 20.2 Å². The summed E-state index contributed by atoms with van der Waals surface area (Å²) in [4.78, 5) is 1.21. The highest BCUT2D eigenvalue weighted by atomic mass is 32.2. The standard InChI is InChI=1S/C14H14OS/c1-16-13-9-7-12(8-10-13)14(15)11-5-3-2-4-6-11/h2-10,14-15H,1H3/t14-/m1/s1. The molecule has 16 heavy (non-hydrogen) atoms. The van der Waals surface area contributed by atoms with Gasteiger partial charge in [-0.25, -0.2) is 0 Å². The molecule has 0 radical (unpaired) electrons. The molecule has 0 aromatic heterocycles. The lowest BCUT2D eigenvalue weighted by Crippen LogP contribution is -1.98. The van der Waals surface area contributed by atoms with Gasteiger partial charge in [0, 0.05) is 4.90 Å². The van der Waals surface area contributed by atoms with Crippen molar-refractivity contribution in [3.05, 3.63) is 65.7 Å². The number of thioether (sulfide) groups is 1. The highest BCUT2D eigenvalue weighted by Crippen LogP contribution is 2.23. The molecule has 2 heteroatoms. The van der Waals surface area contributed by atoms with Crippen LogP contribution in [0.2, 0.25) is 0 Å². The number of rotatable bonds is 3. The van der Waals surface area contributed by atoms with E-state index in [1.54, 1.807) is 11.8 Å². The fourth-order valence-electron chi connectivity index (χ4n) is 1.61. The molecule has 0 bridgehead atoms. The average Bonchev–Trinajstić information content (AvgIpc) is 2.39. The lowest BCUT2D eigenvalue weighted by Gasteiger charge is -2.11. The minimum atomic E-state index is -0.530. The van der Waals surface area contributed by atoms with Crippen LogP contribution in [0.1, 0.15) is 17.2 Å². The van der Waals surface area contributed by atoms with Gasteiger partial charge in [-0.2, -0.15) is 0 Å². The summed E-state index contributed by atoms with van der Waals surface area (Å²) in [6.07, 6.45) is 1.51. The van der Waals surface area contributed by atoms with E-state index in [1.807, 2.05) is 60.9 Å². The zero-order chi connectivity index (χ0) is 11.4. The SMILES string of the molecule is CSc1ccc([C@H](O)c2ccccc2)cc1. The van der Waals surface area contributed by atoms with E-state index in [4.69, 9.17) is 0 Å². The molecule has 1 nitrogen and oxygen atoms in total. The molecular weight excluding hydrogens is 216 g/mol. The molecule has 2 rings (SSSR count). The minimum Gasteiger partial charge on any atom is -0.384 e. The van der Waals surface area contributed by atoms with Crippen molar-refractivity contribution in [2.45, 2.75) is 11.0 Å². The highest BCUT2D eigenvalue weighted by molar-refractivity contribution is 7.98. The Hall–Kier alpha value is -1.25. The van der Waals surface area contributed by atoms with E-state index in [0.717, 1.165) is 11.1 Å². The van der Waals surface area contributed by atoms with Crippen molar-refractivity contribution >= 4 is 11.8 Å². The third-order valence-electron chi connectivity index (χ3n) is 2.55. The summed E-state index contributed by atoms with van der Waals surface area (Å²) in [6.45, 7) is 0. The van der Waals surface area contributed by atoms with Gasteiger partial charge in [0.1, 0.15) is 6.10 Å². The van der Waals surface area contributed by atoms with Crippen LogP contribution in [0.5, 0.6) is 0 Å². The summed E-state index contributed by atoms with van der Waals surface area (Å²) in [5.41, 5.74) is 1.86. The molecule has 0 aliphatic carbocycles. The van der Waals surface area contributed by atoms with Gasteiger partial charge in [0.15, 0.2) is 0 Å². The van der Waals surface area contributed by atoms with Crippen molar-refractivity contribution in [2.75, 3.05) is 6.26 Å². The van der Waals surface area contributed by atoms with E-state index in [-0.39, 0.29) is 0 Å². The first-order valence-electron chi connectivity index (χ1n) is 5.18. The zero-order valence-corrected chi connectivity index (χ0v) is 9.95. The molecule has 0 fully saturated rings. The number of aliphatic hydroxyl groups is 1. The number of aliphatic hydroxyl groups excluding tert-OH is 1. The molecule has 2 aromatic carbocycles.